The van der Waals surface area contributed by atoms with E-state index < -0.39 is 0 Å². The lowest BCUT2D eigenvalue weighted by Gasteiger charge is -2.09. The summed E-state index contributed by atoms with van der Waals surface area (Å²) >= 11 is 0. The van der Waals surface area contributed by atoms with E-state index in [4.69, 9.17) is 4.74 Å². The lowest BCUT2D eigenvalue weighted by molar-refractivity contribution is 0.102. The number of carbonyl (C=O) groups is 1. The first-order valence-corrected chi connectivity index (χ1v) is 9.51. The number of amides is 1. The Morgan fingerprint density at radius 2 is 1.58 bits per heavy atom. The van der Waals surface area contributed by atoms with Gasteiger partial charge in [0.05, 0.1) is 7.11 Å². The largest absolute Gasteiger partial charge is 0.497 e. The maximum absolute atomic E-state index is 13.1. The summed E-state index contributed by atoms with van der Waals surface area (Å²) in [5, 5.41) is 5.94. The van der Waals surface area contributed by atoms with Crippen LogP contribution in [0.1, 0.15) is 10.4 Å². The van der Waals surface area contributed by atoms with E-state index in [1.807, 2.05) is 12.1 Å². The smallest absolute Gasteiger partial charge is 0.255 e. The summed E-state index contributed by atoms with van der Waals surface area (Å²) in [7, 11) is 1.57. The predicted molar refractivity (Wildman–Crippen MR) is 118 cm³/mol. The molecule has 0 aliphatic heterocycles. The third-order valence-electron chi connectivity index (χ3n) is 4.54. The Hall–Kier alpha value is -4.26. The van der Waals surface area contributed by atoms with E-state index in [2.05, 4.69) is 20.6 Å². The van der Waals surface area contributed by atoms with Gasteiger partial charge in [0.2, 0.25) is 5.95 Å². The lowest BCUT2D eigenvalue weighted by Crippen LogP contribution is -2.12. The van der Waals surface area contributed by atoms with E-state index in [1.165, 1.54) is 12.1 Å². The molecule has 0 bridgehead atoms. The van der Waals surface area contributed by atoms with Crippen molar-refractivity contribution in [3.8, 4) is 16.9 Å². The highest BCUT2D eigenvalue weighted by molar-refractivity contribution is 6.04. The number of halogens is 1. The van der Waals surface area contributed by atoms with Crippen LogP contribution in [-0.2, 0) is 0 Å². The number of hydrogen-bond donors (Lipinski definition) is 2. The molecule has 0 atom stereocenters. The lowest BCUT2D eigenvalue weighted by atomic mass is 10.1. The Morgan fingerprint density at radius 1 is 0.871 bits per heavy atom. The van der Waals surface area contributed by atoms with Gasteiger partial charge in [-0.3, -0.25) is 4.79 Å². The molecule has 0 unspecified atom stereocenters. The highest BCUT2D eigenvalue weighted by Crippen LogP contribution is 2.21. The van der Waals surface area contributed by atoms with Gasteiger partial charge in [-0.1, -0.05) is 24.3 Å². The molecule has 4 rings (SSSR count). The first-order valence-electron chi connectivity index (χ1n) is 9.51. The zero-order valence-corrected chi connectivity index (χ0v) is 16.7. The Kier molecular flexibility index (Phi) is 5.84. The number of rotatable bonds is 6. The van der Waals surface area contributed by atoms with Crippen LogP contribution in [0.4, 0.5) is 21.7 Å². The zero-order valence-electron chi connectivity index (χ0n) is 16.7. The zero-order chi connectivity index (χ0) is 21.6. The number of anilines is 3. The maximum Gasteiger partial charge on any atom is 0.255 e. The van der Waals surface area contributed by atoms with Gasteiger partial charge in [0.15, 0.2) is 0 Å². The van der Waals surface area contributed by atoms with Crippen molar-refractivity contribution in [2.75, 3.05) is 17.7 Å². The Labute approximate surface area is 178 Å². The number of nitrogens with zero attached hydrogens (tertiary/aromatic N) is 2. The van der Waals surface area contributed by atoms with Crippen LogP contribution in [0, 0.1) is 5.82 Å². The van der Waals surface area contributed by atoms with Crippen molar-refractivity contribution in [2.45, 2.75) is 0 Å². The molecule has 0 fully saturated rings. The van der Waals surface area contributed by atoms with Gasteiger partial charge in [-0.15, -0.1) is 0 Å². The number of aromatic nitrogens is 2. The molecule has 0 saturated heterocycles. The quantitative estimate of drug-likeness (QED) is 0.449. The predicted octanol–water partition coefficient (Wildman–Crippen LogP) is 5.29. The number of carbonyl (C=O) groups excluding carboxylic acids is 1. The number of benzene rings is 3. The molecule has 6 nitrogen and oxygen atoms in total. The molecule has 0 aliphatic rings. The molecule has 0 saturated carbocycles. The second kappa shape index (κ2) is 9.04. The molecule has 7 heteroatoms. The Bertz CT molecular complexity index is 1190. The average molecular weight is 414 g/mol. The molecular weight excluding hydrogens is 395 g/mol. The van der Waals surface area contributed by atoms with Gasteiger partial charge in [0.25, 0.3) is 5.91 Å². The maximum atomic E-state index is 13.1. The summed E-state index contributed by atoms with van der Waals surface area (Å²) in [6.07, 6.45) is 3.31. The van der Waals surface area contributed by atoms with Crippen molar-refractivity contribution < 1.29 is 13.9 Å². The first-order chi connectivity index (χ1) is 15.1. The average Bonchev–Trinajstić information content (AvgIpc) is 2.80. The Balaban J connectivity index is 1.45. The van der Waals surface area contributed by atoms with Crippen molar-refractivity contribution >= 4 is 23.2 Å². The number of methoxy groups -OCH3 is 1. The van der Waals surface area contributed by atoms with Gasteiger partial charge in [-0.2, -0.15) is 0 Å². The second-order valence-electron chi connectivity index (χ2n) is 6.69. The summed E-state index contributed by atoms with van der Waals surface area (Å²) in [4.78, 5) is 21.2. The summed E-state index contributed by atoms with van der Waals surface area (Å²) in [6.45, 7) is 0. The third-order valence-corrected chi connectivity index (χ3v) is 4.54. The van der Waals surface area contributed by atoms with Crippen LogP contribution in [0.3, 0.4) is 0 Å². The highest BCUT2D eigenvalue weighted by Gasteiger charge is 2.08. The van der Waals surface area contributed by atoms with Crippen molar-refractivity contribution in [1.29, 1.82) is 0 Å². The molecule has 0 radical (unpaired) electrons. The summed E-state index contributed by atoms with van der Waals surface area (Å²) in [5.41, 5.74) is 3.40. The molecular formula is C24H19FN4O2. The molecule has 2 N–H and O–H groups in total. The van der Waals surface area contributed by atoms with E-state index in [9.17, 15) is 9.18 Å². The van der Waals surface area contributed by atoms with Crippen LogP contribution < -0.4 is 15.4 Å². The van der Waals surface area contributed by atoms with Gasteiger partial charge in [-0.25, -0.2) is 14.4 Å². The molecule has 31 heavy (non-hydrogen) atoms. The van der Waals surface area contributed by atoms with Crippen LogP contribution in [0.5, 0.6) is 5.75 Å². The van der Waals surface area contributed by atoms with Crippen molar-refractivity contribution in [2.24, 2.45) is 0 Å². The van der Waals surface area contributed by atoms with E-state index in [0.29, 0.717) is 28.6 Å². The monoisotopic (exact) mass is 414 g/mol. The van der Waals surface area contributed by atoms with Crippen molar-refractivity contribution in [3.05, 3.63) is 96.6 Å². The molecule has 1 heterocycles. The second-order valence-corrected chi connectivity index (χ2v) is 6.69. The van der Waals surface area contributed by atoms with Crippen LogP contribution >= 0.6 is 0 Å². The molecule has 3 aromatic carbocycles. The first kappa shape index (κ1) is 20.0. The van der Waals surface area contributed by atoms with Gasteiger partial charge in [0, 0.05) is 41.0 Å². The topological polar surface area (TPSA) is 76.1 Å². The number of nitrogens with one attached hydrogen (secondary N) is 2. The summed E-state index contributed by atoms with van der Waals surface area (Å²) in [5.74, 6) is 0.508. The van der Waals surface area contributed by atoms with Crippen molar-refractivity contribution in [3.63, 3.8) is 0 Å². The minimum absolute atomic E-state index is 0.246. The van der Waals surface area contributed by atoms with Gasteiger partial charge in [-0.05, 0) is 48.0 Å². The fourth-order valence-electron chi connectivity index (χ4n) is 2.96. The molecule has 4 aromatic rings. The third kappa shape index (κ3) is 5.02. The van der Waals surface area contributed by atoms with Gasteiger partial charge < -0.3 is 15.4 Å². The fraction of sp³-hybridized carbons (Fsp3) is 0.0417. The SMILES string of the molecule is COc1cccc(NC(=O)c2cccc(Nc3ncc(-c4ccc(F)cc4)cn3)c2)c1. The van der Waals surface area contributed by atoms with E-state index in [0.717, 1.165) is 11.1 Å². The molecule has 154 valence electrons. The van der Waals surface area contributed by atoms with Crippen LogP contribution in [0.2, 0.25) is 0 Å². The molecule has 1 aromatic heterocycles. The van der Waals surface area contributed by atoms with Gasteiger partial charge >= 0.3 is 0 Å². The summed E-state index contributed by atoms with van der Waals surface area (Å²) < 4.78 is 18.3. The fourth-order valence-corrected chi connectivity index (χ4v) is 2.96. The van der Waals surface area contributed by atoms with Crippen LogP contribution in [0.25, 0.3) is 11.1 Å². The van der Waals surface area contributed by atoms with E-state index >= 15 is 0 Å². The van der Waals surface area contributed by atoms with Crippen LogP contribution in [0.15, 0.2) is 85.2 Å². The number of ether oxygens (including phenoxy) is 1. The standard InChI is InChI=1S/C24H19FN4O2/c1-31-22-7-3-6-21(13-22)28-23(30)17-4-2-5-20(12-17)29-24-26-14-18(15-27-24)16-8-10-19(25)11-9-16/h2-15H,1H3,(H,28,30)(H,26,27,29). The number of hydrogen-bond acceptors (Lipinski definition) is 5. The molecule has 0 spiro atoms. The highest BCUT2D eigenvalue weighted by atomic mass is 19.1. The molecule has 0 aliphatic carbocycles. The summed E-state index contributed by atoms with van der Waals surface area (Å²) in [6, 6.07) is 20.3. The normalized spacial score (nSPS) is 10.4. The minimum atomic E-state index is -0.293. The van der Waals surface area contributed by atoms with Crippen molar-refractivity contribution in [1.82, 2.24) is 9.97 Å². The molecule has 1 amide bonds. The van der Waals surface area contributed by atoms with Crippen LogP contribution in [-0.4, -0.2) is 23.0 Å². The van der Waals surface area contributed by atoms with Gasteiger partial charge in [0.1, 0.15) is 11.6 Å². The van der Waals surface area contributed by atoms with E-state index in [-0.39, 0.29) is 11.7 Å². The van der Waals surface area contributed by atoms with E-state index in [1.54, 1.807) is 68.0 Å². The minimum Gasteiger partial charge on any atom is -0.497 e. The Morgan fingerprint density at radius 3 is 2.32 bits per heavy atom.